The molecule has 0 aromatic heterocycles. The Balaban J connectivity index is 2.36. The summed E-state index contributed by atoms with van der Waals surface area (Å²) >= 11 is 0. The van der Waals surface area contributed by atoms with Crippen molar-refractivity contribution >= 4 is 45.3 Å². The van der Waals surface area contributed by atoms with E-state index < -0.39 is 35.8 Å². The normalized spacial score (nSPS) is 12.5. The summed E-state index contributed by atoms with van der Waals surface area (Å²) in [6.45, 7) is 7.48. The van der Waals surface area contributed by atoms with Gasteiger partial charge >= 0.3 is 11.9 Å². The Morgan fingerprint density at radius 2 is 1.05 bits per heavy atom. The lowest BCUT2D eigenvalue weighted by molar-refractivity contribution is -0.140. The van der Waals surface area contributed by atoms with Gasteiger partial charge in [-0.05, 0) is 61.1 Å². The van der Waals surface area contributed by atoms with E-state index in [0.717, 1.165) is 0 Å². The highest BCUT2D eigenvalue weighted by Gasteiger charge is 2.26. The quantitative estimate of drug-likeness (QED) is 0.209. The molecule has 0 fully saturated rings. The molecule has 0 bridgehead atoms. The summed E-state index contributed by atoms with van der Waals surface area (Å²) in [5.74, 6) is -2.44. The van der Waals surface area contributed by atoms with E-state index in [4.69, 9.17) is 9.47 Å². The molecule has 2 amide bonds. The molecule has 10 nitrogen and oxygen atoms in total. The fourth-order valence-electron chi connectivity index (χ4n) is 3.72. The summed E-state index contributed by atoms with van der Waals surface area (Å²) in [6, 6.07) is 7.63. The molecule has 0 saturated heterocycles. The molecule has 2 rings (SSSR count). The second kappa shape index (κ2) is 15.4. The number of hydrogen-bond acceptors (Lipinski definition) is 8. The molecule has 12 heteroatoms. The van der Waals surface area contributed by atoms with Crippen LogP contribution in [-0.4, -0.2) is 60.3 Å². The summed E-state index contributed by atoms with van der Waals surface area (Å²) < 4.78 is 10.5. The SMILES string of the molecule is COc1ccc(SSc2ccc(OC)cc2C(=O)N[C@@H](CC(C)C)C(=O)O)c(C(=O)N[C@@H](CC(C)C)C(=O)O)c1. The van der Waals surface area contributed by atoms with Crippen LogP contribution in [0.3, 0.4) is 0 Å². The third-order valence-electron chi connectivity index (χ3n) is 5.70. The van der Waals surface area contributed by atoms with Crippen LogP contribution in [-0.2, 0) is 9.59 Å². The molecule has 0 unspecified atom stereocenters. The van der Waals surface area contributed by atoms with Crippen LogP contribution in [0.2, 0.25) is 0 Å². The molecule has 40 heavy (non-hydrogen) atoms. The Hall–Kier alpha value is -3.38. The number of carboxylic acids is 2. The number of ether oxygens (including phenoxy) is 2. The fourth-order valence-corrected chi connectivity index (χ4v) is 6.04. The van der Waals surface area contributed by atoms with Gasteiger partial charge in [-0.15, -0.1) is 0 Å². The number of carbonyl (C=O) groups excluding carboxylic acids is 2. The molecule has 0 aliphatic heterocycles. The highest BCUT2D eigenvalue weighted by Crippen LogP contribution is 2.42. The molecular formula is C28H36N2O8S2. The first-order chi connectivity index (χ1) is 18.9. The zero-order valence-corrected chi connectivity index (χ0v) is 25.0. The zero-order valence-electron chi connectivity index (χ0n) is 23.3. The van der Waals surface area contributed by atoms with E-state index in [1.807, 2.05) is 27.7 Å². The molecular weight excluding hydrogens is 556 g/mol. The zero-order chi connectivity index (χ0) is 30.0. The van der Waals surface area contributed by atoms with Crippen molar-refractivity contribution in [2.75, 3.05) is 14.2 Å². The smallest absolute Gasteiger partial charge is 0.326 e. The lowest BCUT2D eigenvalue weighted by atomic mass is 10.0. The van der Waals surface area contributed by atoms with Crippen molar-refractivity contribution in [3.8, 4) is 11.5 Å². The van der Waals surface area contributed by atoms with E-state index in [-0.39, 0.29) is 35.8 Å². The lowest BCUT2D eigenvalue weighted by Crippen LogP contribution is -2.41. The van der Waals surface area contributed by atoms with Crippen LogP contribution in [0.1, 0.15) is 61.3 Å². The minimum atomic E-state index is -1.13. The molecule has 0 heterocycles. The van der Waals surface area contributed by atoms with E-state index >= 15 is 0 Å². The molecule has 0 radical (unpaired) electrons. The topological polar surface area (TPSA) is 151 Å². The molecule has 0 spiro atoms. The minimum Gasteiger partial charge on any atom is -0.497 e. The second-order valence-corrected chi connectivity index (χ2v) is 12.1. The molecule has 218 valence electrons. The van der Waals surface area contributed by atoms with Gasteiger partial charge < -0.3 is 30.3 Å². The van der Waals surface area contributed by atoms with Gasteiger partial charge in [-0.25, -0.2) is 9.59 Å². The molecule has 2 aromatic carbocycles. The minimum absolute atomic E-state index is 0.0528. The van der Waals surface area contributed by atoms with Crippen molar-refractivity contribution in [1.82, 2.24) is 10.6 Å². The van der Waals surface area contributed by atoms with Crippen molar-refractivity contribution in [3.63, 3.8) is 0 Å². The van der Waals surface area contributed by atoms with Crippen LogP contribution in [0, 0.1) is 11.8 Å². The number of carbonyl (C=O) groups is 4. The third kappa shape index (κ3) is 9.67. The van der Waals surface area contributed by atoms with E-state index in [1.165, 1.54) is 47.9 Å². The van der Waals surface area contributed by atoms with Gasteiger partial charge in [-0.3, -0.25) is 9.59 Å². The van der Waals surface area contributed by atoms with Gasteiger partial charge in [0.25, 0.3) is 11.8 Å². The molecule has 0 aliphatic rings. The van der Waals surface area contributed by atoms with Crippen molar-refractivity contribution in [1.29, 1.82) is 0 Å². The molecule has 4 N–H and O–H groups in total. The van der Waals surface area contributed by atoms with E-state index in [0.29, 0.717) is 21.3 Å². The number of methoxy groups -OCH3 is 2. The van der Waals surface area contributed by atoms with Crippen molar-refractivity contribution < 1.29 is 38.9 Å². The lowest BCUT2D eigenvalue weighted by Gasteiger charge is -2.19. The number of rotatable bonds is 15. The number of benzene rings is 2. The predicted molar refractivity (Wildman–Crippen MR) is 154 cm³/mol. The Morgan fingerprint density at radius 1 is 0.700 bits per heavy atom. The van der Waals surface area contributed by atoms with Gasteiger partial charge in [-0.1, -0.05) is 49.3 Å². The summed E-state index contributed by atoms with van der Waals surface area (Å²) in [7, 11) is 5.31. The first-order valence-corrected chi connectivity index (χ1v) is 14.8. The van der Waals surface area contributed by atoms with Crippen molar-refractivity contribution in [2.45, 2.75) is 62.4 Å². The van der Waals surface area contributed by atoms with Gasteiger partial charge in [0, 0.05) is 9.79 Å². The first kappa shape index (κ1) is 32.8. The Labute approximate surface area is 242 Å². The van der Waals surface area contributed by atoms with Gasteiger partial charge in [0.1, 0.15) is 23.6 Å². The largest absolute Gasteiger partial charge is 0.497 e. The maximum Gasteiger partial charge on any atom is 0.326 e. The third-order valence-corrected chi connectivity index (χ3v) is 8.19. The second-order valence-electron chi connectivity index (χ2n) is 9.88. The highest BCUT2D eigenvalue weighted by molar-refractivity contribution is 8.76. The van der Waals surface area contributed by atoms with Gasteiger partial charge in [0.2, 0.25) is 0 Å². The highest BCUT2D eigenvalue weighted by atomic mass is 33.1. The van der Waals surface area contributed by atoms with Crippen LogP contribution >= 0.6 is 21.6 Å². The summed E-state index contributed by atoms with van der Waals surface area (Å²) in [6.07, 6.45) is 0.529. The molecule has 2 atom stereocenters. The number of carboxylic acid groups (broad SMARTS) is 2. The Kier molecular flexibility index (Phi) is 12.7. The average Bonchev–Trinajstić information content (AvgIpc) is 2.90. The summed E-state index contributed by atoms with van der Waals surface area (Å²) in [4.78, 5) is 50.8. The maximum absolute atomic E-state index is 13.2. The van der Waals surface area contributed by atoms with E-state index in [1.54, 1.807) is 24.3 Å². The Bertz CT molecular complexity index is 1130. The van der Waals surface area contributed by atoms with Crippen LogP contribution < -0.4 is 20.1 Å². The first-order valence-electron chi connectivity index (χ1n) is 12.6. The standard InChI is InChI=1S/C28H36N2O8S2/c1-15(2)11-21(27(33)34)29-25(31)19-13-17(37-5)7-9-23(19)39-40-24-10-8-18(38-6)14-20(24)26(32)30-22(28(35)36)12-16(3)4/h7-10,13-16,21-22H,11-12H2,1-6H3,(H,29,31)(H,30,32)(H,33,34)(H,35,36)/t21-,22-/m0/s1. The van der Waals surface area contributed by atoms with Gasteiger partial charge in [0.15, 0.2) is 0 Å². The van der Waals surface area contributed by atoms with Crippen molar-refractivity contribution in [2.24, 2.45) is 11.8 Å². The monoisotopic (exact) mass is 592 g/mol. The fraction of sp³-hybridized carbons (Fsp3) is 0.429. The maximum atomic E-state index is 13.2. The molecule has 2 aromatic rings. The van der Waals surface area contributed by atoms with E-state index in [9.17, 15) is 29.4 Å². The van der Waals surface area contributed by atoms with Crippen molar-refractivity contribution in [3.05, 3.63) is 47.5 Å². The number of aliphatic carboxylic acids is 2. The molecule has 0 saturated carbocycles. The predicted octanol–water partition coefficient (Wildman–Crippen LogP) is 4.96. The van der Waals surface area contributed by atoms with Crippen LogP contribution in [0.25, 0.3) is 0 Å². The van der Waals surface area contributed by atoms with Gasteiger partial charge in [-0.2, -0.15) is 0 Å². The van der Waals surface area contributed by atoms with Crippen LogP contribution in [0.4, 0.5) is 0 Å². The number of nitrogens with one attached hydrogen (secondary N) is 2. The Morgan fingerprint density at radius 3 is 1.32 bits per heavy atom. The van der Waals surface area contributed by atoms with E-state index in [2.05, 4.69) is 10.6 Å². The number of amides is 2. The summed E-state index contributed by atoms with van der Waals surface area (Å²) in [5, 5.41) is 24.3. The van der Waals surface area contributed by atoms with Crippen LogP contribution in [0.15, 0.2) is 46.2 Å². The van der Waals surface area contributed by atoms with Gasteiger partial charge in [0.05, 0.1) is 25.3 Å². The van der Waals surface area contributed by atoms with Crippen LogP contribution in [0.5, 0.6) is 11.5 Å². The number of hydrogen-bond donors (Lipinski definition) is 4. The summed E-state index contributed by atoms with van der Waals surface area (Å²) in [5.41, 5.74) is 0.434. The molecule has 0 aliphatic carbocycles. The average molecular weight is 593 g/mol.